The highest BCUT2D eigenvalue weighted by atomic mass is 16.5. The van der Waals surface area contributed by atoms with Crippen molar-refractivity contribution in [1.82, 2.24) is 14.8 Å². The van der Waals surface area contributed by atoms with Gasteiger partial charge in [0, 0.05) is 37.4 Å². The van der Waals surface area contributed by atoms with Crippen LogP contribution in [0.4, 0.5) is 0 Å². The first-order valence-electron chi connectivity index (χ1n) is 8.70. The van der Waals surface area contributed by atoms with Crippen molar-refractivity contribution in [2.45, 2.75) is 57.2 Å². The molecular formula is C18H29N3O. The zero-order valence-electron chi connectivity index (χ0n) is 14.0. The van der Waals surface area contributed by atoms with Crippen molar-refractivity contribution in [3.63, 3.8) is 0 Å². The third-order valence-corrected chi connectivity index (χ3v) is 5.09. The molecule has 1 saturated heterocycles. The van der Waals surface area contributed by atoms with Gasteiger partial charge in [-0.2, -0.15) is 0 Å². The van der Waals surface area contributed by atoms with Gasteiger partial charge >= 0.3 is 0 Å². The van der Waals surface area contributed by atoms with Crippen LogP contribution >= 0.6 is 0 Å². The van der Waals surface area contributed by atoms with Crippen LogP contribution in [0, 0.1) is 0 Å². The van der Waals surface area contributed by atoms with E-state index < -0.39 is 0 Å². The minimum absolute atomic E-state index is 0.393. The Morgan fingerprint density at radius 3 is 2.77 bits per heavy atom. The molecule has 2 heterocycles. The van der Waals surface area contributed by atoms with Gasteiger partial charge in [0.1, 0.15) is 5.75 Å². The van der Waals surface area contributed by atoms with Gasteiger partial charge < -0.3 is 9.64 Å². The van der Waals surface area contributed by atoms with Crippen LogP contribution in [0.3, 0.4) is 0 Å². The number of rotatable bonds is 5. The lowest BCUT2D eigenvalue weighted by atomic mass is 9.98. The molecule has 4 heteroatoms. The summed E-state index contributed by atoms with van der Waals surface area (Å²) in [6, 6.07) is 2.81. The first-order valence-corrected chi connectivity index (χ1v) is 8.70. The summed E-state index contributed by atoms with van der Waals surface area (Å²) < 4.78 is 6.27. The molecule has 0 aromatic carbocycles. The molecule has 0 N–H and O–H groups in total. The lowest BCUT2D eigenvalue weighted by molar-refractivity contribution is 0.151. The van der Waals surface area contributed by atoms with Crippen molar-refractivity contribution in [1.29, 1.82) is 0 Å². The second kappa shape index (κ2) is 7.42. The summed E-state index contributed by atoms with van der Waals surface area (Å²) in [4.78, 5) is 9.15. The number of nitrogens with zero attached hydrogens (tertiary/aromatic N) is 3. The fourth-order valence-electron chi connectivity index (χ4n) is 3.63. The highest BCUT2D eigenvalue weighted by Gasteiger charge is 2.25. The van der Waals surface area contributed by atoms with Crippen LogP contribution in [-0.2, 0) is 6.54 Å². The van der Waals surface area contributed by atoms with E-state index in [0.717, 1.165) is 18.8 Å². The van der Waals surface area contributed by atoms with E-state index in [-0.39, 0.29) is 0 Å². The number of ether oxygens (including phenoxy) is 1. The normalized spacial score (nSPS) is 24.0. The molecule has 0 bridgehead atoms. The molecular weight excluding hydrogens is 274 g/mol. The summed E-state index contributed by atoms with van der Waals surface area (Å²) >= 11 is 0. The summed E-state index contributed by atoms with van der Waals surface area (Å²) in [6.07, 6.45) is 11.8. The second-order valence-corrected chi connectivity index (χ2v) is 7.00. The fraction of sp³-hybridized carbons (Fsp3) is 0.722. The number of pyridine rings is 1. The molecule has 1 aliphatic heterocycles. The number of hydrogen-bond acceptors (Lipinski definition) is 4. The lowest BCUT2D eigenvalue weighted by Gasteiger charge is -2.25. The Morgan fingerprint density at radius 2 is 2.05 bits per heavy atom. The van der Waals surface area contributed by atoms with Gasteiger partial charge in [-0.1, -0.05) is 6.42 Å². The van der Waals surface area contributed by atoms with Gasteiger partial charge in [-0.05, 0) is 52.3 Å². The van der Waals surface area contributed by atoms with Crippen molar-refractivity contribution < 1.29 is 4.74 Å². The van der Waals surface area contributed by atoms with Gasteiger partial charge in [0.25, 0.3) is 0 Å². The van der Waals surface area contributed by atoms with Gasteiger partial charge in [-0.25, -0.2) is 0 Å². The molecule has 4 nitrogen and oxygen atoms in total. The molecule has 2 aliphatic rings. The Balaban J connectivity index is 1.61. The Labute approximate surface area is 134 Å². The van der Waals surface area contributed by atoms with E-state index in [1.807, 2.05) is 12.4 Å². The van der Waals surface area contributed by atoms with Crippen molar-refractivity contribution in [2.75, 3.05) is 27.2 Å². The Morgan fingerprint density at radius 1 is 1.23 bits per heavy atom. The van der Waals surface area contributed by atoms with Crippen molar-refractivity contribution in [3.8, 4) is 5.75 Å². The number of likely N-dealkylation sites (tertiary alicyclic amines) is 1. The van der Waals surface area contributed by atoms with Gasteiger partial charge in [0.2, 0.25) is 0 Å². The van der Waals surface area contributed by atoms with Crippen molar-refractivity contribution in [2.24, 2.45) is 0 Å². The first-order chi connectivity index (χ1) is 10.7. The third kappa shape index (κ3) is 3.99. The minimum Gasteiger partial charge on any atom is -0.488 e. The Kier molecular flexibility index (Phi) is 5.32. The second-order valence-electron chi connectivity index (χ2n) is 7.00. The molecule has 1 atom stereocenters. The van der Waals surface area contributed by atoms with Gasteiger partial charge in [0.05, 0.1) is 12.3 Å². The smallest absolute Gasteiger partial charge is 0.142 e. The Hall–Kier alpha value is -1.13. The largest absolute Gasteiger partial charge is 0.488 e. The van der Waals surface area contributed by atoms with E-state index >= 15 is 0 Å². The molecule has 0 radical (unpaired) electrons. The van der Waals surface area contributed by atoms with E-state index in [0.29, 0.717) is 12.1 Å². The Bertz CT molecular complexity index is 471. The van der Waals surface area contributed by atoms with Gasteiger partial charge in [0.15, 0.2) is 0 Å². The quantitative estimate of drug-likeness (QED) is 0.836. The van der Waals surface area contributed by atoms with Gasteiger partial charge in [-0.3, -0.25) is 9.88 Å². The predicted octanol–water partition coefficient (Wildman–Crippen LogP) is 2.93. The third-order valence-electron chi connectivity index (χ3n) is 5.09. The summed E-state index contributed by atoms with van der Waals surface area (Å²) in [7, 11) is 4.36. The summed E-state index contributed by atoms with van der Waals surface area (Å²) in [6.45, 7) is 3.31. The molecule has 1 aromatic heterocycles. The monoisotopic (exact) mass is 303 g/mol. The van der Waals surface area contributed by atoms with Crippen molar-refractivity contribution >= 4 is 0 Å². The average Bonchev–Trinajstić information content (AvgIpc) is 2.99. The van der Waals surface area contributed by atoms with Crippen LogP contribution < -0.4 is 4.74 Å². The van der Waals surface area contributed by atoms with Crippen LogP contribution in [0.1, 0.15) is 44.1 Å². The van der Waals surface area contributed by atoms with E-state index in [4.69, 9.17) is 4.74 Å². The molecule has 1 aliphatic carbocycles. The zero-order valence-corrected chi connectivity index (χ0v) is 14.0. The molecule has 1 unspecified atom stereocenters. The summed E-state index contributed by atoms with van der Waals surface area (Å²) in [5.41, 5.74) is 1.29. The highest BCUT2D eigenvalue weighted by Crippen LogP contribution is 2.27. The van der Waals surface area contributed by atoms with Crippen LogP contribution in [-0.4, -0.2) is 54.1 Å². The zero-order chi connectivity index (χ0) is 15.4. The number of likely N-dealkylation sites (N-methyl/N-ethyl adjacent to an activating group) is 1. The molecule has 2 fully saturated rings. The maximum absolute atomic E-state index is 6.27. The SMILES string of the molecule is CN(C)C1CCN(Cc2ccncc2OC2CCCCC2)C1. The maximum Gasteiger partial charge on any atom is 0.142 e. The average molecular weight is 303 g/mol. The molecule has 122 valence electrons. The van der Waals surface area contributed by atoms with Crippen LogP contribution in [0.2, 0.25) is 0 Å². The number of hydrogen-bond donors (Lipinski definition) is 0. The molecule has 1 saturated carbocycles. The van der Waals surface area contributed by atoms with E-state index in [1.165, 1.54) is 50.6 Å². The van der Waals surface area contributed by atoms with Crippen molar-refractivity contribution in [3.05, 3.63) is 24.0 Å². The highest BCUT2D eigenvalue weighted by molar-refractivity contribution is 5.30. The lowest BCUT2D eigenvalue weighted by Crippen LogP contribution is -2.31. The minimum atomic E-state index is 0.393. The summed E-state index contributed by atoms with van der Waals surface area (Å²) in [5, 5.41) is 0. The molecule has 0 amide bonds. The molecule has 1 aromatic rings. The predicted molar refractivity (Wildman–Crippen MR) is 89.1 cm³/mol. The maximum atomic E-state index is 6.27. The van der Waals surface area contributed by atoms with E-state index in [1.54, 1.807) is 0 Å². The van der Waals surface area contributed by atoms with Crippen LogP contribution in [0.5, 0.6) is 5.75 Å². The topological polar surface area (TPSA) is 28.6 Å². The molecule has 0 spiro atoms. The standard InChI is InChI=1S/C18H29N3O/c1-20(2)16-9-11-21(14-16)13-15-8-10-19-12-18(15)22-17-6-4-3-5-7-17/h8,10,12,16-17H,3-7,9,11,13-14H2,1-2H3. The fourth-order valence-corrected chi connectivity index (χ4v) is 3.63. The first kappa shape index (κ1) is 15.8. The van der Waals surface area contributed by atoms with Gasteiger partial charge in [-0.15, -0.1) is 0 Å². The summed E-state index contributed by atoms with van der Waals surface area (Å²) in [5.74, 6) is 1.00. The molecule has 3 rings (SSSR count). The van der Waals surface area contributed by atoms with Crippen LogP contribution in [0.25, 0.3) is 0 Å². The molecule has 22 heavy (non-hydrogen) atoms. The van der Waals surface area contributed by atoms with E-state index in [9.17, 15) is 0 Å². The van der Waals surface area contributed by atoms with Crippen LogP contribution in [0.15, 0.2) is 18.5 Å². The van der Waals surface area contributed by atoms with E-state index in [2.05, 4.69) is 34.9 Å². The number of aromatic nitrogens is 1.